The van der Waals surface area contributed by atoms with E-state index in [4.69, 9.17) is 14.2 Å². The monoisotopic (exact) mass is 687 g/mol. The Kier molecular flexibility index (Phi) is 15.2. The van der Waals surface area contributed by atoms with E-state index in [1.165, 1.54) is 0 Å². The molecule has 14 heteroatoms. The molecule has 2 aromatic rings. The third-order valence-corrected chi connectivity index (χ3v) is 6.49. The molecular weight excluding hydrogens is 632 g/mol. The van der Waals surface area contributed by atoms with Crippen molar-refractivity contribution in [3.05, 3.63) is 43.1 Å². The second kappa shape index (κ2) is 18.3. The number of nitrogens with one attached hydrogen (secondary N) is 3. The summed E-state index contributed by atoms with van der Waals surface area (Å²) in [6.07, 6.45) is 8.67. The molecule has 0 unspecified atom stereocenters. The number of amides is 3. The zero-order chi connectivity index (χ0) is 36.8. The van der Waals surface area contributed by atoms with Crippen LogP contribution in [0.4, 0.5) is 4.79 Å². The number of carbonyl (C=O) groups is 5. The number of hydrogen-bond donors (Lipinski definition) is 3. The van der Waals surface area contributed by atoms with Crippen LogP contribution in [-0.4, -0.2) is 74.8 Å². The molecule has 2 rings (SSSR count). The smallest absolute Gasteiger partial charge is 0.329 e. The Morgan fingerprint density at radius 2 is 1.39 bits per heavy atom. The van der Waals surface area contributed by atoms with Gasteiger partial charge in [0.2, 0.25) is 18.1 Å². The molecule has 2 atom stereocenters. The highest BCUT2D eigenvalue weighted by molar-refractivity contribution is 5.87. The Morgan fingerprint density at radius 1 is 0.796 bits per heavy atom. The van der Waals surface area contributed by atoms with E-state index >= 15 is 0 Å². The van der Waals surface area contributed by atoms with Crippen molar-refractivity contribution in [2.45, 2.75) is 136 Å². The van der Waals surface area contributed by atoms with Gasteiger partial charge in [-0.1, -0.05) is 6.07 Å². The number of rotatable bonds is 16. The van der Waals surface area contributed by atoms with Crippen LogP contribution in [0.1, 0.15) is 101 Å². The zero-order valence-electron chi connectivity index (χ0n) is 30.5. The number of pyridine rings is 1. The van der Waals surface area contributed by atoms with Crippen LogP contribution in [0.15, 0.2) is 43.1 Å². The Bertz CT molecular complexity index is 1390. The van der Waals surface area contributed by atoms with Crippen LogP contribution in [0.25, 0.3) is 5.82 Å². The SMILES string of the molecule is CC(C)(C)OC(=O)CC[C@H](NC(=O)N[C@@H](CCCCNC(=O)CC[n+]1ccn(-c2ccccn2)c1)C(=O)OC(C)(C)C)C(=O)OC(C)(C)C. The van der Waals surface area contributed by atoms with Crippen LogP contribution in [0.5, 0.6) is 0 Å². The van der Waals surface area contributed by atoms with Gasteiger partial charge >= 0.3 is 23.9 Å². The summed E-state index contributed by atoms with van der Waals surface area (Å²) in [5, 5.41) is 8.07. The summed E-state index contributed by atoms with van der Waals surface area (Å²) >= 11 is 0. The van der Waals surface area contributed by atoms with Gasteiger partial charge in [0, 0.05) is 25.2 Å². The van der Waals surface area contributed by atoms with Crippen LogP contribution in [0, 0.1) is 0 Å². The predicted octanol–water partition coefficient (Wildman–Crippen LogP) is 3.68. The fraction of sp³-hybridized carbons (Fsp3) is 0.629. The first-order valence-electron chi connectivity index (χ1n) is 16.7. The van der Waals surface area contributed by atoms with Crippen molar-refractivity contribution < 1.29 is 42.8 Å². The predicted molar refractivity (Wildman–Crippen MR) is 181 cm³/mol. The number of esters is 3. The molecule has 272 valence electrons. The molecule has 49 heavy (non-hydrogen) atoms. The molecule has 2 heterocycles. The molecule has 0 spiro atoms. The molecule has 3 N–H and O–H groups in total. The molecule has 0 saturated carbocycles. The first-order valence-corrected chi connectivity index (χ1v) is 16.7. The minimum atomic E-state index is -1.17. The van der Waals surface area contributed by atoms with Gasteiger partial charge in [0.05, 0.1) is 13.0 Å². The molecule has 0 aromatic carbocycles. The van der Waals surface area contributed by atoms with Crippen molar-refractivity contribution in [2.24, 2.45) is 0 Å². The molecule has 0 saturated heterocycles. The van der Waals surface area contributed by atoms with Gasteiger partial charge < -0.3 is 30.2 Å². The van der Waals surface area contributed by atoms with E-state index in [0.717, 1.165) is 5.82 Å². The Labute approximate surface area is 289 Å². The third kappa shape index (κ3) is 17.5. The summed E-state index contributed by atoms with van der Waals surface area (Å²) in [6, 6.07) is 2.65. The Morgan fingerprint density at radius 3 is 1.94 bits per heavy atom. The lowest BCUT2D eigenvalue weighted by Gasteiger charge is -2.27. The second-order valence-corrected chi connectivity index (χ2v) is 14.8. The average Bonchev–Trinajstić information content (AvgIpc) is 3.44. The van der Waals surface area contributed by atoms with Crippen LogP contribution >= 0.6 is 0 Å². The van der Waals surface area contributed by atoms with E-state index in [1.807, 2.05) is 46.1 Å². The maximum Gasteiger partial charge on any atom is 0.329 e. The number of urea groups is 1. The van der Waals surface area contributed by atoms with Crippen molar-refractivity contribution in [1.82, 2.24) is 25.5 Å². The Balaban J connectivity index is 1.92. The molecule has 0 aliphatic carbocycles. The molecular formula is C35H55N6O8+. The molecule has 0 aliphatic heterocycles. The van der Waals surface area contributed by atoms with E-state index in [0.29, 0.717) is 25.9 Å². The highest BCUT2D eigenvalue weighted by Crippen LogP contribution is 2.15. The normalized spacial score (nSPS) is 13.1. The minimum absolute atomic E-state index is 0.0668. The molecule has 2 aromatic heterocycles. The standard InChI is InChI=1S/C35H54N6O8/c1-33(2,3)47-29(43)17-16-26(31(45)49-35(7,8)9)39-32(46)38-25(30(44)48-34(4,5)6)14-10-12-20-37-28(42)18-21-40-22-23-41(24-40)27-15-11-13-19-36-27/h11,13,15,19,22-26H,10,12,14,16-18,20-21H2,1-9H3,(H2-,37,38,39,42,46)/p+1/t25-,26-/m0/s1. The summed E-state index contributed by atoms with van der Waals surface area (Å²) in [6.45, 7) is 16.3. The number of ether oxygens (including phenoxy) is 3. The fourth-order valence-corrected chi connectivity index (χ4v) is 4.45. The lowest BCUT2D eigenvalue weighted by atomic mass is 10.1. The van der Waals surface area contributed by atoms with Gasteiger partial charge in [0.15, 0.2) is 0 Å². The number of nitrogens with zero attached hydrogens (tertiary/aromatic N) is 3. The van der Waals surface area contributed by atoms with E-state index in [-0.39, 0.29) is 31.6 Å². The molecule has 0 bridgehead atoms. The number of aromatic nitrogens is 3. The van der Waals surface area contributed by atoms with Gasteiger partial charge in [0.1, 0.15) is 41.3 Å². The number of carbonyl (C=O) groups excluding carboxylic acids is 5. The van der Waals surface area contributed by atoms with E-state index in [2.05, 4.69) is 20.9 Å². The summed E-state index contributed by atoms with van der Waals surface area (Å²) in [4.78, 5) is 68.2. The van der Waals surface area contributed by atoms with Gasteiger partial charge in [-0.2, -0.15) is 4.57 Å². The number of imidazole rings is 1. The fourth-order valence-electron chi connectivity index (χ4n) is 4.45. The van der Waals surface area contributed by atoms with E-state index in [9.17, 15) is 24.0 Å². The van der Waals surface area contributed by atoms with Crippen molar-refractivity contribution in [1.29, 1.82) is 0 Å². The van der Waals surface area contributed by atoms with Crippen LogP contribution in [-0.2, 0) is 39.9 Å². The topological polar surface area (TPSA) is 171 Å². The maximum atomic E-state index is 13.1. The summed E-state index contributed by atoms with van der Waals surface area (Å²) in [7, 11) is 0. The molecule has 0 radical (unpaired) electrons. The van der Waals surface area contributed by atoms with Crippen molar-refractivity contribution in [2.75, 3.05) is 6.54 Å². The summed E-state index contributed by atoms with van der Waals surface area (Å²) in [5.74, 6) is -1.22. The first kappa shape index (κ1) is 40.7. The average molecular weight is 688 g/mol. The maximum absolute atomic E-state index is 13.1. The van der Waals surface area contributed by atoms with Gasteiger partial charge in [-0.25, -0.2) is 23.9 Å². The van der Waals surface area contributed by atoms with Crippen LogP contribution in [0.3, 0.4) is 0 Å². The Hall–Kier alpha value is -4.49. The van der Waals surface area contributed by atoms with Crippen LogP contribution < -0.4 is 20.5 Å². The molecule has 0 fully saturated rings. The first-order chi connectivity index (χ1) is 22.7. The number of hydrogen-bond acceptors (Lipinski definition) is 9. The van der Waals surface area contributed by atoms with Crippen molar-refractivity contribution >= 4 is 29.8 Å². The number of unbranched alkanes of at least 4 members (excludes halogenated alkanes) is 1. The highest BCUT2D eigenvalue weighted by atomic mass is 16.6. The summed E-state index contributed by atoms with van der Waals surface area (Å²) < 4.78 is 20.1. The minimum Gasteiger partial charge on any atom is -0.460 e. The van der Waals surface area contributed by atoms with E-state index in [1.54, 1.807) is 68.5 Å². The number of aryl methyl sites for hydroxylation is 1. The van der Waals surface area contributed by atoms with E-state index < -0.39 is 52.8 Å². The van der Waals surface area contributed by atoms with Gasteiger partial charge in [-0.3, -0.25) is 9.59 Å². The molecule has 0 aliphatic rings. The zero-order valence-corrected chi connectivity index (χ0v) is 30.5. The lowest BCUT2D eigenvalue weighted by molar-refractivity contribution is -0.695. The van der Waals surface area contributed by atoms with Crippen LogP contribution in [0.2, 0.25) is 0 Å². The second-order valence-electron chi connectivity index (χ2n) is 14.8. The van der Waals surface area contributed by atoms with Crippen molar-refractivity contribution in [3.8, 4) is 5.82 Å². The molecule has 3 amide bonds. The van der Waals surface area contributed by atoms with Gasteiger partial charge in [0.25, 0.3) is 0 Å². The molecule has 14 nitrogen and oxygen atoms in total. The summed E-state index contributed by atoms with van der Waals surface area (Å²) in [5.41, 5.74) is -2.34. The third-order valence-electron chi connectivity index (χ3n) is 6.49. The highest BCUT2D eigenvalue weighted by Gasteiger charge is 2.31. The van der Waals surface area contributed by atoms with Gasteiger partial charge in [-0.15, -0.1) is 0 Å². The van der Waals surface area contributed by atoms with Gasteiger partial charge in [-0.05, 0) is 94.1 Å². The van der Waals surface area contributed by atoms with Crippen molar-refractivity contribution in [3.63, 3.8) is 0 Å². The quantitative estimate of drug-likeness (QED) is 0.103. The lowest BCUT2D eigenvalue weighted by Crippen LogP contribution is -2.53. The largest absolute Gasteiger partial charge is 0.460 e.